The van der Waals surface area contributed by atoms with Crippen LogP contribution in [0.5, 0.6) is 5.75 Å². The first kappa shape index (κ1) is 9.62. The molecular weight excluding hydrogens is 202 g/mol. The van der Waals surface area contributed by atoms with Crippen molar-refractivity contribution < 1.29 is 9.84 Å². The molecule has 1 heterocycles. The summed E-state index contributed by atoms with van der Waals surface area (Å²) < 4.78 is 5.48. The van der Waals surface area contributed by atoms with Gasteiger partial charge < -0.3 is 14.7 Å². The van der Waals surface area contributed by atoms with E-state index in [0.29, 0.717) is 18.2 Å². The minimum Gasteiger partial charge on any atom is -0.488 e. The van der Waals surface area contributed by atoms with Gasteiger partial charge in [-0.1, -0.05) is 17.7 Å². The van der Waals surface area contributed by atoms with E-state index >= 15 is 0 Å². The molecule has 0 aliphatic carbocycles. The highest BCUT2D eigenvalue weighted by Gasteiger charge is 2.19. The van der Waals surface area contributed by atoms with E-state index in [9.17, 15) is 0 Å². The molecule has 2 rings (SSSR count). The molecule has 76 valence electrons. The van der Waals surface area contributed by atoms with Crippen LogP contribution in [0.3, 0.4) is 0 Å². The zero-order valence-corrected chi connectivity index (χ0v) is 8.50. The molecule has 0 saturated carbocycles. The van der Waals surface area contributed by atoms with Crippen LogP contribution < -0.4 is 9.64 Å². The summed E-state index contributed by atoms with van der Waals surface area (Å²) in [4.78, 5) is 2.07. The van der Waals surface area contributed by atoms with E-state index in [1.165, 1.54) is 0 Å². The molecule has 1 aliphatic rings. The zero-order chi connectivity index (χ0) is 9.97. The highest BCUT2D eigenvalue weighted by atomic mass is 35.5. The summed E-state index contributed by atoms with van der Waals surface area (Å²) in [6, 6.07) is 5.65. The monoisotopic (exact) mass is 213 g/mol. The van der Waals surface area contributed by atoms with Crippen molar-refractivity contribution in [1.82, 2.24) is 0 Å². The van der Waals surface area contributed by atoms with Crippen molar-refractivity contribution in [3.8, 4) is 5.75 Å². The number of anilines is 1. The third kappa shape index (κ3) is 1.65. The predicted molar refractivity (Wildman–Crippen MR) is 56.2 cm³/mol. The van der Waals surface area contributed by atoms with Crippen LogP contribution in [-0.4, -0.2) is 31.4 Å². The predicted octanol–water partition coefficient (Wildman–Crippen LogP) is 1.53. The smallest absolute Gasteiger partial charge is 0.161 e. The van der Waals surface area contributed by atoms with E-state index in [1.54, 1.807) is 0 Å². The van der Waals surface area contributed by atoms with Crippen LogP contribution in [0.1, 0.15) is 0 Å². The summed E-state index contributed by atoms with van der Waals surface area (Å²) in [5.41, 5.74) is 0.970. The Morgan fingerprint density at radius 2 is 2.36 bits per heavy atom. The third-order valence-corrected chi connectivity index (χ3v) is 2.56. The number of rotatable bonds is 2. The molecule has 0 spiro atoms. The highest BCUT2D eigenvalue weighted by molar-refractivity contribution is 6.32. The Morgan fingerprint density at radius 1 is 1.50 bits per heavy atom. The van der Waals surface area contributed by atoms with Gasteiger partial charge in [0.2, 0.25) is 0 Å². The first-order chi connectivity index (χ1) is 6.83. The summed E-state index contributed by atoms with van der Waals surface area (Å²) in [6.07, 6.45) is 0. The fraction of sp³-hybridized carbons (Fsp3) is 0.400. The lowest BCUT2D eigenvalue weighted by molar-refractivity contribution is 0.278. The van der Waals surface area contributed by atoms with Crippen molar-refractivity contribution in [1.29, 1.82) is 0 Å². The number of aliphatic hydroxyl groups excluding tert-OH is 1. The maximum atomic E-state index is 8.90. The van der Waals surface area contributed by atoms with Crippen molar-refractivity contribution in [3.63, 3.8) is 0 Å². The molecule has 1 aromatic rings. The number of benzene rings is 1. The number of para-hydroxylation sites is 1. The maximum absolute atomic E-state index is 8.90. The second kappa shape index (κ2) is 4.07. The van der Waals surface area contributed by atoms with Crippen molar-refractivity contribution in [3.05, 3.63) is 23.2 Å². The molecule has 0 atom stereocenters. The second-order valence-electron chi connectivity index (χ2n) is 3.15. The number of hydrogen-bond acceptors (Lipinski definition) is 3. The van der Waals surface area contributed by atoms with Crippen molar-refractivity contribution in [2.45, 2.75) is 0 Å². The SMILES string of the molecule is OCCN1CCOc2c(Cl)cccc21. The molecule has 1 aromatic carbocycles. The topological polar surface area (TPSA) is 32.7 Å². The summed E-state index contributed by atoms with van der Waals surface area (Å²) in [5.74, 6) is 0.730. The first-order valence-electron chi connectivity index (χ1n) is 4.60. The van der Waals surface area contributed by atoms with E-state index in [4.69, 9.17) is 21.4 Å². The van der Waals surface area contributed by atoms with Gasteiger partial charge in [-0.25, -0.2) is 0 Å². The molecule has 0 amide bonds. The largest absolute Gasteiger partial charge is 0.488 e. The summed E-state index contributed by atoms with van der Waals surface area (Å²) in [6.45, 7) is 2.19. The fourth-order valence-corrected chi connectivity index (χ4v) is 1.84. The van der Waals surface area contributed by atoms with Crippen LogP contribution in [0.2, 0.25) is 5.02 Å². The van der Waals surface area contributed by atoms with Gasteiger partial charge in [-0.15, -0.1) is 0 Å². The number of aliphatic hydroxyl groups is 1. The van der Waals surface area contributed by atoms with Gasteiger partial charge in [-0.05, 0) is 12.1 Å². The van der Waals surface area contributed by atoms with Gasteiger partial charge in [0.1, 0.15) is 6.61 Å². The van der Waals surface area contributed by atoms with Crippen molar-refractivity contribution in [2.75, 3.05) is 31.2 Å². The molecule has 0 aromatic heterocycles. The standard InChI is InChI=1S/C10H12ClNO2/c11-8-2-1-3-9-10(8)14-7-5-12(9)4-6-13/h1-3,13H,4-7H2. The Bertz CT molecular complexity index is 330. The van der Waals surface area contributed by atoms with Gasteiger partial charge >= 0.3 is 0 Å². The number of halogens is 1. The first-order valence-corrected chi connectivity index (χ1v) is 4.98. The van der Waals surface area contributed by atoms with Crippen LogP contribution in [0.25, 0.3) is 0 Å². The van der Waals surface area contributed by atoms with Crippen molar-refractivity contribution >= 4 is 17.3 Å². The van der Waals surface area contributed by atoms with Crippen LogP contribution in [-0.2, 0) is 0 Å². The Morgan fingerprint density at radius 3 is 3.14 bits per heavy atom. The van der Waals surface area contributed by atoms with Crippen LogP contribution in [0.4, 0.5) is 5.69 Å². The highest BCUT2D eigenvalue weighted by Crippen LogP contribution is 2.37. The summed E-state index contributed by atoms with van der Waals surface area (Å²) >= 11 is 5.99. The molecule has 0 unspecified atom stereocenters. The molecule has 0 bridgehead atoms. The third-order valence-electron chi connectivity index (χ3n) is 2.26. The molecule has 0 saturated heterocycles. The summed E-state index contributed by atoms with van der Waals surface area (Å²) in [5, 5.41) is 9.53. The molecule has 4 heteroatoms. The Balaban J connectivity index is 2.34. The lowest BCUT2D eigenvalue weighted by Gasteiger charge is -2.31. The van der Waals surface area contributed by atoms with Gasteiger partial charge in [0.25, 0.3) is 0 Å². The molecule has 3 nitrogen and oxygen atoms in total. The zero-order valence-electron chi connectivity index (χ0n) is 7.74. The number of ether oxygens (including phenoxy) is 1. The van der Waals surface area contributed by atoms with Gasteiger partial charge in [0.15, 0.2) is 5.75 Å². The second-order valence-corrected chi connectivity index (χ2v) is 3.55. The van der Waals surface area contributed by atoms with E-state index in [2.05, 4.69) is 4.90 Å². The van der Waals surface area contributed by atoms with E-state index in [-0.39, 0.29) is 6.61 Å². The minimum atomic E-state index is 0.145. The average molecular weight is 214 g/mol. The quantitative estimate of drug-likeness (QED) is 0.809. The molecular formula is C10H12ClNO2. The van der Waals surface area contributed by atoms with Crippen molar-refractivity contribution in [2.24, 2.45) is 0 Å². The minimum absolute atomic E-state index is 0.145. The average Bonchev–Trinajstić information content (AvgIpc) is 2.20. The number of nitrogens with zero attached hydrogens (tertiary/aromatic N) is 1. The van der Waals surface area contributed by atoms with Crippen LogP contribution in [0.15, 0.2) is 18.2 Å². The van der Waals surface area contributed by atoms with E-state index < -0.39 is 0 Å². The van der Waals surface area contributed by atoms with Crippen LogP contribution >= 0.6 is 11.6 Å². The summed E-state index contributed by atoms with van der Waals surface area (Å²) in [7, 11) is 0. The van der Waals surface area contributed by atoms with Crippen LogP contribution in [0, 0.1) is 0 Å². The molecule has 1 aliphatic heterocycles. The number of β-amino-alcohol motifs (C(OH)–C–C–N with tert-alkyl or cyclic N) is 1. The Kier molecular flexibility index (Phi) is 2.79. The maximum Gasteiger partial charge on any atom is 0.161 e. The lowest BCUT2D eigenvalue weighted by atomic mass is 10.2. The number of hydrogen-bond donors (Lipinski definition) is 1. The molecule has 1 N–H and O–H groups in total. The lowest BCUT2D eigenvalue weighted by Crippen LogP contribution is -2.34. The Labute approximate surface area is 87.9 Å². The Hall–Kier alpha value is -0.930. The fourth-order valence-electron chi connectivity index (χ4n) is 1.62. The van der Waals surface area contributed by atoms with Gasteiger partial charge in [-0.3, -0.25) is 0 Å². The van der Waals surface area contributed by atoms with Gasteiger partial charge in [0, 0.05) is 6.54 Å². The van der Waals surface area contributed by atoms with Gasteiger partial charge in [0.05, 0.1) is 23.9 Å². The van der Waals surface area contributed by atoms with Gasteiger partial charge in [-0.2, -0.15) is 0 Å². The molecule has 0 fully saturated rings. The number of fused-ring (bicyclic) bond motifs is 1. The van der Waals surface area contributed by atoms with E-state index in [0.717, 1.165) is 18.0 Å². The normalized spacial score (nSPS) is 14.9. The molecule has 0 radical (unpaired) electrons. The van der Waals surface area contributed by atoms with E-state index in [1.807, 2.05) is 18.2 Å². The molecule has 14 heavy (non-hydrogen) atoms.